The molecule has 0 aliphatic carbocycles. The molecule has 0 fully saturated rings. The number of esters is 1. The van der Waals surface area contributed by atoms with Gasteiger partial charge in [-0.3, -0.25) is 9.59 Å². The molecule has 21 heavy (non-hydrogen) atoms. The van der Waals surface area contributed by atoms with E-state index in [0.29, 0.717) is 18.7 Å². The number of hydrogen-bond donors (Lipinski definition) is 0. The van der Waals surface area contributed by atoms with Crippen LogP contribution in [0.5, 0.6) is 0 Å². The van der Waals surface area contributed by atoms with E-state index in [0.717, 1.165) is 10.9 Å². The molecule has 0 spiro atoms. The van der Waals surface area contributed by atoms with Gasteiger partial charge in [0.25, 0.3) is 5.91 Å². The number of benzene rings is 1. The van der Waals surface area contributed by atoms with E-state index in [4.69, 9.17) is 4.74 Å². The van der Waals surface area contributed by atoms with Crippen molar-refractivity contribution in [3.63, 3.8) is 0 Å². The Kier molecular flexibility index (Phi) is 4.62. The number of likely N-dealkylation sites (N-methyl/N-ethyl adjacent to an activating group) is 1. The molecule has 0 radical (unpaired) electrons. The summed E-state index contributed by atoms with van der Waals surface area (Å²) in [4.78, 5) is 25.7. The van der Waals surface area contributed by atoms with Crippen LogP contribution in [0.25, 0.3) is 10.9 Å². The molecule has 0 aliphatic rings. The molecule has 2 aromatic rings. The number of amides is 1. The highest BCUT2D eigenvalue weighted by atomic mass is 16.5. The molecule has 0 N–H and O–H groups in total. The van der Waals surface area contributed by atoms with E-state index in [-0.39, 0.29) is 18.4 Å². The van der Waals surface area contributed by atoms with Gasteiger partial charge in [0.05, 0.1) is 12.2 Å². The Labute approximate surface area is 124 Å². The number of para-hydroxylation sites is 1. The Bertz CT molecular complexity index is 661. The number of carbonyl (C=O) groups excluding carboxylic acids is 2. The maximum absolute atomic E-state index is 12.6. The first-order chi connectivity index (χ1) is 10.1. The van der Waals surface area contributed by atoms with Gasteiger partial charge >= 0.3 is 5.97 Å². The van der Waals surface area contributed by atoms with Crippen molar-refractivity contribution >= 4 is 22.8 Å². The van der Waals surface area contributed by atoms with Gasteiger partial charge in [0.15, 0.2) is 0 Å². The van der Waals surface area contributed by atoms with Crippen LogP contribution < -0.4 is 0 Å². The van der Waals surface area contributed by atoms with Crippen molar-refractivity contribution in [2.75, 3.05) is 19.7 Å². The lowest BCUT2D eigenvalue weighted by Gasteiger charge is -2.19. The quantitative estimate of drug-likeness (QED) is 0.793. The number of fused-ring (bicyclic) bond motifs is 1. The molecule has 1 amide bonds. The monoisotopic (exact) mass is 288 g/mol. The molecule has 1 heterocycles. The lowest BCUT2D eigenvalue weighted by molar-refractivity contribution is -0.143. The van der Waals surface area contributed by atoms with E-state index < -0.39 is 0 Å². The van der Waals surface area contributed by atoms with Crippen LogP contribution in [-0.2, 0) is 16.6 Å². The van der Waals surface area contributed by atoms with Gasteiger partial charge in [-0.15, -0.1) is 0 Å². The molecule has 2 rings (SSSR count). The molecule has 5 nitrogen and oxygen atoms in total. The summed E-state index contributed by atoms with van der Waals surface area (Å²) in [6.45, 7) is 4.36. The summed E-state index contributed by atoms with van der Waals surface area (Å²) in [6, 6.07) is 7.72. The summed E-state index contributed by atoms with van der Waals surface area (Å²) >= 11 is 0. The lowest BCUT2D eigenvalue weighted by Crippen LogP contribution is -2.36. The smallest absolute Gasteiger partial charge is 0.325 e. The van der Waals surface area contributed by atoms with Crippen LogP contribution in [0.4, 0.5) is 0 Å². The topological polar surface area (TPSA) is 51.5 Å². The summed E-state index contributed by atoms with van der Waals surface area (Å²) in [5.74, 6) is -0.532. The van der Waals surface area contributed by atoms with Gasteiger partial charge in [-0.2, -0.15) is 0 Å². The average molecular weight is 288 g/mol. The van der Waals surface area contributed by atoms with Gasteiger partial charge < -0.3 is 14.2 Å². The molecule has 0 bridgehead atoms. The normalized spacial score (nSPS) is 10.6. The largest absolute Gasteiger partial charge is 0.465 e. The zero-order valence-electron chi connectivity index (χ0n) is 12.6. The molecule has 0 saturated heterocycles. The van der Waals surface area contributed by atoms with Gasteiger partial charge in [0.1, 0.15) is 6.54 Å². The second kappa shape index (κ2) is 6.43. The summed E-state index contributed by atoms with van der Waals surface area (Å²) in [5, 5.41) is 0.896. The second-order valence-corrected chi connectivity index (χ2v) is 4.80. The van der Waals surface area contributed by atoms with Gasteiger partial charge in [-0.05, 0) is 19.9 Å². The highest BCUT2D eigenvalue weighted by molar-refractivity contribution is 6.07. The fraction of sp³-hybridized carbons (Fsp3) is 0.375. The predicted molar refractivity (Wildman–Crippen MR) is 81.1 cm³/mol. The molecular weight excluding hydrogens is 268 g/mol. The average Bonchev–Trinajstić information content (AvgIpc) is 2.82. The first-order valence-corrected chi connectivity index (χ1v) is 7.07. The van der Waals surface area contributed by atoms with E-state index in [2.05, 4.69) is 0 Å². The predicted octanol–water partition coefficient (Wildman–Crippen LogP) is 2.20. The van der Waals surface area contributed by atoms with Crippen molar-refractivity contribution in [2.45, 2.75) is 13.8 Å². The Morgan fingerprint density at radius 3 is 2.62 bits per heavy atom. The number of carbonyl (C=O) groups is 2. The third-order valence-electron chi connectivity index (χ3n) is 3.42. The van der Waals surface area contributed by atoms with Gasteiger partial charge in [0, 0.05) is 30.7 Å². The van der Waals surface area contributed by atoms with E-state index in [1.165, 1.54) is 4.90 Å². The number of aryl methyl sites for hydroxylation is 1. The van der Waals surface area contributed by atoms with E-state index in [1.54, 1.807) is 13.1 Å². The first kappa shape index (κ1) is 15.1. The van der Waals surface area contributed by atoms with Crippen molar-refractivity contribution < 1.29 is 14.3 Å². The fourth-order valence-corrected chi connectivity index (χ4v) is 2.37. The minimum absolute atomic E-state index is 0.0214. The molecule has 5 heteroatoms. The Hall–Kier alpha value is -2.30. The number of nitrogens with zero attached hydrogens (tertiary/aromatic N) is 2. The second-order valence-electron chi connectivity index (χ2n) is 4.80. The number of ether oxygens (including phenoxy) is 1. The summed E-state index contributed by atoms with van der Waals surface area (Å²) in [5.41, 5.74) is 1.60. The van der Waals surface area contributed by atoms with Crippen molar-refractivity contribution in [2.24, 2.45) is 7.05 Å². The van der Waals surface area contributed by atoms with Crippen molar-refractivity contribution in [1.82, 2.24) is 9.47 Å². The lowest BCUT2D eigenvalue weighted by atomic mass is 10.1. The van der Waals surface area contributed by atoms with E-state index in [1.807, 2.05) is 42.8 Å². The molecule has 0 atom stereocenters. The minimum atomic E-state index is -0.382. The minimum Gasteiger partial charge on any atom is -0.465 e. The molecule has 0 aliphatic heterocycles. The van der Waals surface area contributed by atoms with E-state index >= 15 is 0 Å². The van der Waals surface area contributed by atoms with Gasteiger partial charge in [-0.1, -0.05) is 18.2 Å². The molecule has 0 unspecified atom stereocenters. The van der Waals surface area contributed by atoms with Crippen molar-refractivity contribution in [3.05, 3.63) is 36.0 Å². The summed E-state index contributed by atoms with van der Waals surface area (Å²) < 4.78 is 6.83. The first-order valence-electron chi connectivity index (χ1n) is 7.07. The number of aromatic nitrogens is 1. The molecule has 112 valence electrons. The zero-order valence-corrected chi connectivity index (χ0v) is 12.6. The molecule has 0 saturated carbocycles. The van der Waals surface area contributed by atoms with Gasteiger partial charge in [0.2, 0.25) is 0 Å². The highest BCUT2D eigenvalue weighted by Gasteiger charge is 2.21. The summed E-state index contributed by atoms with van der Waals surface area (Å²) in [7, 11) is 1.90. The van der Waals surface area contributed by atoms with Crippen LogP contribution in [0.2, 0.25) is 0 Å². The standard InChI is InChI=1S/C16H20N2O3/c1-4-18(11-15(19)21-5-2)16(20)13-10-17(3)14-9-7-6-8-12(13)14/h6-10H,4-5,11H2,1-3H3. The maximum Gasteiger partial charge on any atom is 0.325 e. The van der Waals surface area contributed by atoms with Crippen LogP contribution in [0, 0.1) is 0 Å². The maximum atomic E-state index is 12.6. The Balaban J connectivity index is 2.30. The highest BCUT2D eigenvalue weighted by Crippen LogP contribution is 2.21. The van der Waals surface area contributed by atoms with Crippen LogP contribution in [0.3, 0.4) is 0 Å². The molecular formula is C16H20N2O3. The van der Waals surface area contributed by atoms with Crippen LogP contribution in [0.15, 0.2) is 30.5 Å². The third kappa shape index (κ3) is 3.07. The third-order valence-corrected chi connectivity index (χ3v) is 3.42. The van der Waals surface area contributed by atoms with Crippen molar-refractivity contribution in [3.8, 4) is 0 Å². The van der Waals surface area contributed by atoms with Gasteiger partial charge in [-0.25, -0.2) is 0 Å². The molecule has 1 aromatic carbocycles. The van der Waals surface area contributed by atoms with Crippen LogP contribution in [0.1, 0.15) is 24.2 Å². The molecule has 1 aromatic heterocycles. The summed E-state index contributed by atoms with van der Waals surface area (Å²) in [6.07, 6.45) is 1.81. The van der Waals surface area contributed by atoms with Crippen molar-refractivity contribution in [1.29, 1.82) is 0 Å². The number of hydrogen-bond acceptors (Lipinski definition) is 3. The van der Waals surface area contributed by atoms with E-state index in [9.17, 15) is 9.59 Å². The fourth-order valence-electron chi connectivity index (χ4n) is 2.37. The zero-order chi connectivity index (χ0) is 15.4. The number of rotatable bonds is 5. The van der Waals surface area contributed by atoms with Crippen LogP contribution in [-0.4, -0.2) is 41.0 Å². The Morgan fingerprint density at radius 1 is 1.24 bits per heavy atom. The SMILES string of the molecule is CCOC(=O)CN(CC)C(=O)c1cn(C)c2ccccc12. The Morgan fingerprint density at radius 2 is 1.95 bits per heavy atom. The van der Waals surface area contributed by atoms with Crippen LogP contribution >= 0.6 is 0 Å².